The van der Waals surface area contributed by atoms with E-state index in [-0.39, 0.29) is 17.9 Å². The van der Waals surface area contributed by atoms with Gasteiger partial charge in [-0.05, 0) is 40.5 Å². The number of aliphatic carboxylic acids is 1. The van der Waals surface area contributed by atoms with Crippen molar-refractivity contribution in [3.05, 3.63) is 59.7 Å². The number of ether oxygens (including phenoxy) is 1. The molecule has 2 N–H and O–H groups in total. The number of alkyl carbamates (subject to hydrolysis) is 1. The molecule has 34 heavy (non-hydrogen) atoms. The molecule has 0 bridgehead atoms. The summed E-state index contributed by atoms with van der Waals surface area (Å²) in [6.45, 7) is 7.68. The average Bonchev–Trinajstić information content (AvgIpc) is 3.11. The van der Waals surface area contributed by atoms with E-state index in [0.29, 0.717) is 12.8 Å². The first-order chi connectivity index (χ1) is 16.0. The molecule has 0 heterocycles. The Morgan fingerprint density at radius 2 is 1.56 bits per heavy atom. The van der Waals surface area contributed by atoms with Crippen molar-refractivity contribution in [2.24, 2.45) is 5.41 Å². The Bertz CT molecular complexity index is 1010. The van der Waals surface area contributed by atoms with E-state index in [1.165, 1.54) is 11.9 Å². The standard InChI is InChI=1S/C27H34N2O5/c1-6-22(24(30)29(5)23(25(31)32)15-27(2,3)4)28-26(33)34-16-21-19-13-9-7-11-17(19)18-12-8-10-14-20(18)21/h7-14,21-23H,6,15-16H2,1-5H3,(H,28,33)(H,31,32)/t22-,23?/m0/s1. The minimum Gasteiger partial charge on any atom is -0.480 e. The quantitative estimate of drug-likeness (QED) is 0.590. The zero-order valence-electron chi connectivity index (χ0n) is 20.5. The largest absolute Gasteiger partial charge is 0.480 e. The second kappa shape index (κ2) is 10.3. The number of nitrogens with one attached hydrogen (secondary N) is 1. The lowest BCUT2D eigenvalue weighted by molar-refractivity contribution is -0.151. The van der Waals surface area contributed by atoms with Crippen LogP contribution >= 0.6 is 0 Å². The maximum absolute atomic E-state index is 13.0. The number of carboxylic acids is 1. The molecule has 182 valence electrons. The number of hydrogen-bond acceptors (Lipinski definition) is 4. The molecule has 1 aliphatic rings. The van der Waals surface area contributed by atoms with Crippen LogP contribution in [0.25, 0.3) is 11.1 Å². The molecule has 2 atom stereocenters. The van der Waals surface area contributed by atoms with E-state index in [4.69, 9.17) is 4.74 Å². The molecule has 7 heteroatoms. The highest BCUT2D eigenvalue weighted by molar-refractivity contribution is 5.89. The van der Waals surface area contributed by atoms with E-state index in [1.54, 1.807) is 6.92 Å². The van der Waals surface area contributed by atoms with Crippen molar-refractivity contribution in [2.75, 3.05) is 13.7 Å². The third-order valence-corrected chi connectivity index (χ3v) is 6.25. The first-order valence-corrected chi connectivity index (χ1v) is 11.6. The number of rotatable bonds is 8. The van der Waals surface area contributed by atoms with Gasteiger partial charge in [0.2, 0.25) is 5.91 Å². The number of carbonyl (C=O) groups excluding carboxylic acids is 2. The molecule has 1 aliphatic carbocycles. The van der Waals surface area contributed by atoms with Crippen LogP contribution in [0.2, 0.25) is 0 Å². The molecule has 0 fully saturated rings. The highest BCUT2D eigenvalue weighted by atomic mass is 16.5. The lowest BCUT2D eigenvalue weighted by atomic mass is 9.87. The summed E-state index contributed by atoms with van der Waals surface area (Å²) in [6, 6.07) is 14.3. The van der Waals surface area contributed by atoms with Gasteiger partial charge in [-0.2, -0.15) is 0 Å². The fourth-order valence-electron chi connectivity index (χ4n) is 4.49. The van der Waals surface area contributed by atoms with Crippen LogP contribution in [0.4, 0.5) is 4.79 Å². The van der Waals surface area contributed by atoms with Gasteiger partial charge in [0.1, 0.15) is 18.7 Å². The van der Waals surface area contributed by atoms with E-state index in [9.17, 15) is 19.5 Å². The molecule has 2 aromatic rings. The van der Waals surface area contributed by atoms with Gasteiger partial charge in [0, 0.05) is 13.0 Å². The summed E-state index contributed by atoms with van der Waals surface area (Å²) in [5.41, 5.74) is 4.19. The normalized spacial score (nSPS) is 14.5. The maximum Gasteiger partial charge on any atom is 0.407 e. The predicted octanol–water partition coefficient (Wildman–Crippen LogP) is 4.65. The molecule has 0 aromatic heterocycles. The van der Waals surface area contributed by atoms with E-state index < -0.39 is 30.1 Å². The first kappa shape index (κ1) is 25.3. The van der Waals surface area contributed by atoms with Gasteiger partial charge in [-0.25, -0.2) is 9.59 Å². The van der Waals surface area contributed by atoms with E-state index >= 15 is 0 Å². The van der Waals surface area contributed by atoms with E-state index in [2.05, 4.69) is 17.4 Å². The number of fused-ring (bicyclic) bond motifs is 3. The lowest BCUT2D eigenvalue weighted by Crippen LogP contribution is -2.53. The number of carbonyl (C=O) groups is 3. The smallest absolute Gasteiger partial charge is 0.407 e. The number of nitrogens with zero attached hydrogens (tertiary/aromatic N) is 1. The summed E-state index contributed by atoms with van der Waals surface area (Å²) < 4.78 is 5.55. The summed E-state index contributed by atoms with van der Waals surface area (Å²) in [6.07, 6.45) is -0.0839. The summed E-state index contributed by atoms with van der Waals surface area (Å²) >= 11 is 0. The molecule has 0 saturated carbocycles. The lowest BCUT2D eigenvalue weighted by Gasteiger charge is -2.32. The van der Waals surface area contributed by atoms with Crippen LogP contribution in [0.5, 0.6) is 0 Å². The predicted molar refractivity (Wildman–Crippen MR) is 131 cm³/mol. The number of hydrogen-bond donors (Lipinski definition) is 2. The van der Waals surface area contributed by atoms with Gasteiger partial charge < -0.3 is 20.1 Å². The van der Waals surface area contributed by atoms with E-state index in [1.807, 2.05) is 57.2 Å². The van der Waals surface area contributed by atoms with Crippen LogP contribution < -0.4 is 5.32 Å². The van der Waals surface area contributed by atoms with Crippen LogP contribution in [-0.2, 0) is 14.3 Å². The Kier molecular flexibility index (Phi) is 7.64. The molecule has 0 aliphatic heterocycles. The van der Waals surface area contributed by atoms with Crippen LogP contribution in [0, 0.1) is 5.41 Å². The van der Waals surface area contributed by atoms with Gasteiger partial charge >= 0.3 is 12.1 Å². The third kappa shape index (κ3) is 5.58. The molecular weight excluding hydrogens is 432 g/mol. The molecule has 0 spiro atoms. The van der Waals surface area contributed by atoms with Crippen molar-refractivity contribution in [1.82, 2.24) is 10.2 Å². The zero-order valence-corrected chi connectivity index (χ0v) is 20.5. The van der Waals surface area contributed by atoms with Gasteiger partial charge in [-0.3, -0.25) is 4.79 Å². The Labute approximate surface area is 201 Å². The second-order valence-corrected chi connectivity index (χ2v) is 10.00. The molecule has 0 radical (unpaired) electrons. The van der Waals surface area contributed by atoms with Crippen molar-refractivity contribution < 1.29 is 24.2 Å². The van der Waals surface area contributed by atoms with Crippen LogP contribution in [0.15, 0.2) is 48.5 Å². The van der Waals surface area contributed by atoms with Crippen molar-refractivity contribution in [3.63, 3.8) is 0 Å². The Balaban J connectivity index is 1.66. The summed E-state index contributed by atoms with van der Waals surface area (Å²) in [4.78, 5) is 38.7. The number of carboxylic acid groups (broad SMARTS) is 1. The molecule has 2 amide bonds. The molecule has 0 saturated heterocycles. The minimum atomic E-state index is -1.07. The Morgan fingerprint density at radius 3 is 2.03 bits per heavy atom. The van der Waals surface area contributed by atoms with Crippen molar-refractivity contribution in [3.8, 4) is 11.1 Å². The van der Waals surface area contributed by atoms with Gasteiger partial charge in [-0.15, -0.1) is 0 Å². The molecule has 3 rings (SSSR count). The minimum absolute atomic E-state index is 0.0835. The summed E-state index contributed by atoms with van der Waals surface area (Å²) in [5, 5.41) is 12.3. The molecule has 1 unspecified atom stereocenters. The first-order valence-electron chi connectivity index (χ1n) is 11.6. The van der Waals surface area contributed by atoms with Crippen LogP contribution in [-0.4, -0.2) is 53.7 Å². The molecule has 2 aromatic carbocycles. The Hall–Kier alpha value is -3.35. The van der Waals surface area contributed by atoms with Crippen LogP contribution in [0.1, 0.15) is 57.6 Å². The number of likely N-dealkylation sites (N-methyl/N-ethyl adjacent to an activating group) is 1. The van der Waals surface area contributed by atoms with Crippen LogP contribution in [0.3, 0.4) is 0 Å². The van der Waals surface area contributed by atoms with Gasteiger partial charge in [-0.1, -0.05) is 76.2 Å². The highest BCUT2D eigenvalue weighted by Gasteiger charge is 2.34. The van der Waals surface area contributed by atoms with Gasteiger partial charge in [0.25, 0.3) is 0 Å². The zero-order chi connectivity index (χ0) is 25.0. The SMILES string of the molecule is CC[C@H](NC(=O)OCC1c2ccccc2-c2ccccc21)C(=O)N(C)C(CC(C)(C)C)C(=O)O. The molecule has 7 nitrogen and oxygen atoms in total. The fourth-order valence-corrected chi connectivity index (χ4v) is 4.49. The fraction of sp³-hybridized carbons (Fsp3) is 0.444. The Morgan fingerprint density at radius 1 is 1.03 bits per heavy atom. The monoisotopic (exact) mass is 466 g/mol. The second-order valence-electron chi connectivity index (χ2n) is 10.00. The molecular formula is C27H34N2O5. The number of amides is 2. The summed E-state index contributed by atoms with van der Waals surface area (Å²) in [5.74, 6) is -1.60. The average molecular weight is 467 g/mol. The third-order valence-electron chi connectivity index (χ3n) is 6.25. The summed E-state index contributed by atoms with van der Waals surface area (Å²) in [7, 11) is 1.47. The van der Waals surface area contributed by atoms with Crippen molar-refractivity contribution in [1.29, 1.82) is 0 Å². The number of benzene rings is 2. The maximum atomic E-state index is 13.0. The van der Waals surface area contributed by atoms with Gasteiger partial charge in [0.05, 0.1) is 0 Å². The van der Waals surface area contributed by atoms with Gasteiger partial charge in [0.15, 0.2) is 0 Å². The topological polar surface area (TPSA) is 95.9 Å². The van der Waals surface area contributed by atoms with Crippen molar-refractivity contribution >= 4 is 18.0 Å². The van der Waals surface area contributed by atoms with E-state index in [0.717, 1.165) is 22.3 Å². The highest BCUT2D eigenvalue weighted by Crippen LogP contribution is 2.44. The van der Waals surface area contributed by atoms with Crippen molar-refractivity contribution in [2.45, 2.75) is 58.5 Å².